The zero-order valence-corrected chi connectivity index (χ0v) is 13.2. The van der Waals surface area contributed by atoms with Crippen LogP contribution < -0.4 is 11.1 Å². The van der Waals surface area contributed by atoms with Crippen LogP contribution in [0.15, 0.2) is 40.6 Å². The summed E-state index contributed by atoms with van der Waals surface area (Å²) in [5.41, 5.74) is 6.56. The van der Waals surface area contributed by atoms with Crippen molar-refractivity contribution < 1.29 is 4.79 Å². The number of rotatable bonds is 7. The maximum atomic E-state index is 11.9. The fourth-order valence-electron chi connectivity index (χ4n) is 1.57. The lowest BCUT2D eigenvalue weighted by molar-refractivity contribution is -0.117. The molecule has 0 saturated heterocycles. The van der Waals surface area contributed by atoms with Crippen molar-refractivity contribution in [1.29, 1.82) is 0 Å². The van der Waals surface area contributed by atoms with Gasteiger partial charge in [-0.05, 0) is 42.7 Å². The maximum Gasteiger partial charge on any atom is 0.241 e. The molecule has 0 aliphatic heterocycles. The second-order valence-electron chi connectivity index (χ2n) is 4.29. The van der Waals surface area contributed by atoms with Gasteiger partial charge in [-0.2, -0.15) is 16.9 Å². The van der Waals surface area contributed by atoms with Gasteiger partial charge in [0.2, 0.25) is 5.91 Å². The van der Waals surface area contributed by atoms with Gasteiger partial charge in [0.1, 0.15) is 6.33 Å². The van der Waals surface area contributed by atoms with Gasteiger partial charge in [-0.3, -0.25) is 9.89 Å². The molecule has 112 valence electrons. The Balaban J connectivity index is 1.88. The third-order valence-electron chi connectivity index (χ3n) is 2.70. The van der Waals surface area contributed by atoms with Crippen molar-refractivity contribution in [1.82, 2.24) is 15.2 Å². The topological polar surface area (TPSA) is 96.7 Å². The number of benzene rings is 1. The highest BCUT2D eigenvalue weighted by Crippen LogP contribution is 2.25. The molecule has 1 aromatic heterocycles. The number of aromatic nitrogens is 3. The lowest BCUT2D eigenvalue weighted by Crippen LogP contribution is -2.36. The molecule has 8 heteroatoms. The molecule has 2 rings (SSSR count). The van der Waals surface area contributed by atoms with Crippen LogP contribution in [0.5, 0.6) is 0 Å². The van der Waals surface area contributed by atoms with E-state index in [0.29, 0.717) is 6.42 Å². The van der Waals surface area contributed by atoms with E-state index in [4.69, 9.17) is 5.73 Å². The van der Waals surface area contributed by atoms with Gasteiger partial charge in [0.25, 0.3) is 0 Å². The number of hydrogen-bond donors (Lipinski definition) is 3. The fraction of sp³-hybridized carbons (Fsp3) is 0.308. The molecular formula is C13H17N5OS2. The Bertz CT molecular complexity index is 558. The molecular weight excluding hydrogens is 306 g/mol. The summed E-state index contributed by atoms with van der Waals surface area (Å²) in [6.45, 7) is 0. The van der Waals surface area contributed by atoms with E-state index in [1.54, 1.807) is 11.8 Å². The van der Waals surface area contributed by atoms with Crippen LogP contribution in [0.2, 0.25) is 0 Å². The predicted molar refractivity (Wildman–Crippen MR) is 86.6 cm³/mol. The zero-order chi connectivity index (χ0) is 15.1. The molecule has 21 heavy (non-hydrogen) atoms. The van der Waals surface area contributed by atoms with E-state index < -0.39 is 6.04 Å². The molecule has 4 N–H and O–H groups in total. The van der Waals surface area contributed by atoms with Crippen LogP contribution in [0.4, 0.5) is 5.69 Å². The molecule has 0 radical (unpaired) electrons. The van der Waals surface area contributed by atoms with E-state index >= 15 is 0 Å². The number of nitrogens with two attached hydrogens (primary N) is 1. The summed E-state index contributed by atoms with van der Waals surface area (Å²) in [6.07, 6.45) is 4.13. The first kappa shape index (κ1) is 15.9. The molecule has 1 amide bonds. The lowest BCUT2D eigenvalue weighted by Gasteiger charge is -2.11. The summed E-state index contributed by atoms with van der Waals surface area (Å²) >= 11 is 3.15. The van der Waals surface area contributed by atoms with Crippen LogP contribution in [-0.4, -0.2) is 39.1 Å². The number of carbonyl (C=O) groups excluding carboxylic acids is 1. The van der Waals surface area contributed by atoms with E-state index in [9.17, 15) is 4.79 Å². The normalized spacial score (nSPS) is 12.1. The first-order chi connectivity index (χ1) is 10.2. The van der Waals surface area contributed by atoms with E-state index in [1.165, 1.54) is 18.1 Å². The molecule has 2 aromatic rings. The second-order valence-corrected chi connectivity index (χ2v) is 6.34. The average Bonchev–Trinajstić information content (AvgIpc) is 2.99. The Labute approximate surface area is 131 Å². The van der Waals surface area contributed by atoms with Gasteiger partial charge in [0.05, 0.1) is 6.04 Å². The van der Waals surface area contributed by atoms with Crippen LogP contribution in [0.3, 0.4) is 0 Å². The van der Waals surface area contributed by atoms with Crippen LogP contribution >= 0.6 is 23.5 Å². The van der Waals surface area contributed by atoms with Crippen LogP contribution in [-0.2, 0) is 4.79 Å². The zero-order valence-electron chi connectivity index (χ0n) is 11.6. The minimum Gasteiger partial charge on any atom is -0.325 e. The summed E-state index contributed by atoms with van der Waals surface area (Å²) in [6, 6.07) is 7.04. The van der Waals surface area contributed by atoms with Crippen LogP contribution in [0.1, 0.15) is 6.42 Å². The molecule has 1 aromatic carbocycles. The van der Waals surface area contributed by atoms with E-state index in [0.717, 1.165) is 21.5 Å². The van der Waals surface area contributed by atoms with Crippen molar-refractivity contribution in [3.8, 4) is 0 Å². The Morgan fingerprint density at radius 1 is 1.43 bits per heavy atom. The highest BCUT2D eigenvalue weighted by atomic mass is 32.2. The SMILES string of the molecule is CSCC[C@@H](N)C(=O)Nc1ccc(Sc2ncn[nH]2)cc1. The Morgan fingerprint density at radius 3 is 2.81 bits per heavy atom. The van der Waals surface area contributed by atoms with Crippen molar-refractivity contribution in [2.24, 2.45) is 5.73 Å². The number of aromatic amines is 1. The average molecular weight is 323 g/mol. The van der Waals surface area contributed by atoms with Crippen molar-refractivity contribution in [2.75, 3.05) is 17.3 Å². The number of hydrogen-bond acceptors (Lipinski definition) is 6. The molecule has 0 saturated carbocycles. The van der Waals surface area contributed by atoms with Crippen molar-refractivity contribution in [3.05, 3.63) is 30.6 Å². The highest BCUT2D eigenvalue weighted by Gasteiger charge is 2.12. The minimum atomic E-state index is -0.472. The molecule has 0 spiro atoms. The molecule has 6 nitrogen and oxygen atoms in total. The minimum absolute atomic E-state index is 0.153. The number of H-pyrrole nitrogens is 1. The smallest absolute Gasteiger partial charge is 0.241 e. The van der Waals surface area contributed by atoms with E-state index in [2.05, 4.69) is 20.5 Å². The van der Waals surface area contributed by atoms with Gasteiger partial charge < -0.3 is 11.1 Å². The summed E-state index contributed by atoms with van der Waals surface area (Å²) < 4.78 is 0. The van der Waals surface area contributed by atoms with Gasteiger partial charge >= 0.3 is 0 Å². The maximum absolute atomic E-state index is 11.9. The summed E-state index contributed by atoms with van der Waals surface area (Å²) in [4.78, 5) is 16.9. The highest BCUT2D eigenvalue weighted by molar-refractivity contribution is 7.99. The number of nitrogens with zero attached hydrogens (tertiary/aromatic N) is 2. The molecule has 0 aliphatic carbocycles. The Morgan fingerprint density at radius 2 is 2.19 bits per heavy atom. The largest absolute Gasteiger partial charge is 0.325 e. The van der Waals surface area contributed by atoms with Crippen molar-refractivity contribution >= 4 is 35.1 Å². The molecule has 1 heterocycles. The standard InChI is InChI=1S/C13H17N5OS2/c1-20-7-6-11(14)12(19)17-9-2-4-10(5-3-9)21-13-15-8-16-18-13/h2-5,8,11H,6-7,14H2,1H3,(H,17,19)(H,15,16,18)/t11-/m1/s1. The number of anilines is 1. The lowest BCUT2D eigenvalue weighted by atomic mass is 10.2. The van der Waals surface area contributed by atoms with Gasteiger partial charge in [-0.1, -0.05) is 11.8 Å². The first-order valence-electron chi connectivity index (χ1n) is 6.37. The van der Waals surface area contributed by atoms with Crippen molar-refractivity contribution in [3.63, 3.8) is 0 Å². The molecule has 0 bridgehead atoms. The number of amides is 1. The number of thioether (sulfide) groups is 1. The monoisotopic (exact) mass is 323 g/mol. The van der Waals surface area contributed by atoms with Gasteiger partial charge in [-0.25, -0.2) is 4.98 Å². The second kappa shape index (κ2) is 8.06. The fourth-order valence-corrected chi connectivity index (χ4v) is 2.76. The van der Waals surface area contributed by atoms with Crippen LogP contribution in [0.25, 0.3) is 0 Å². The molecule has 0 aliphatic rings. The Kier molecular flexibility index (Phi) is 6.09. The molecule has 0 unspecified atom stereocenters. The number of nitrogens with one attached hydrogen (secondary N) is 2. The van der Waals surface area contributed by atoms with Crippen LogP contribution in [0, 0.1) is 0 Å². The van der Waals surface area contributed by atoms with Gasteiger partial charge in [0, 0.05) is 10.6 Å². The molecule has 1 atom stereocenters. The molecule has 0 fully saturated rings. The predicted octanol–water partition coefficient (Wildman–Crippen LogP) is 1.97. The van der Waals surface area contributed by atoms with E-state index in [-0.39, 0.29) is 5.91 Å². The van der Waals surface area contributed by atoms with Crippen molar-refractivity contribution in [2.45, 2.75) is 22.5 Å². The summed E-state index contributed by atoms with van der Waals surface area (Å²) in [7, 11) is 0. The summed E-state index contributed by atoms with van der Waals surface area (Å²) in [5.74, 6) is 0.723. The third kappa shape index (κ3) is 5.07. The quantitative estimate of drug-likeness (QED) is 0.721. The van der Waals surface area contributed by atoms with E-state index in [1.807, 2.05) is 30.5 Å². The first-order valence-corrected chi connectivity index (χ1v) is 8.58. The van der Waals surface area contributed by atoms with Gasteiger partial charge in [0.15, 0.2) is 5.16 Å². The Hall–Kier alpha value is -1.51. The third-order valence-corrected chi connectivity index (χ3v) is 4.24. The number of carbonyl (C=O) groups is 1. The summed E-state index contributed by atoms with van der Waals surface area (Å²) in [5, 5.41) is 10.1. The van der Waals surface area contributed by atoms with Gasteiger partial charge in [-0.15, -0.1) is 0 Å².